The fourth-order valence-corrected chi connectivity index (χ4v) is 7.46. The molecule has 3 aliphatic carbocycles. The van der Waals surface area contributed by atoms with Gasteiger partial charge in [0.05, 0.1) is 0 Å². The minimum absolute atomic E-state index is 0.0674. The van der Waals surface area contributed by atoms with E-state index in [-0.39, 0.29) is 29.3 Å². The Kier molecular flexibility index (Phi) is 7.70. The van der Waals surface area contributed by atoms with Crippen molar-refractivity contribution in [2.75, 3.05) is 0 Å². The summed E-state index contributed by atoms with van der Waals surface area (Å²) >= 11 is 0. The Hall–Kier alpha value is -2.03. The van der Waals surface area contributed by atoms with Crippen LogP contribution in [0.1, 0.15) is 111 Å². The second-order valence-corrected chi connectivity index (χ2v) is 11.5. The maximum absolute atomic E-state index is 15.3. The quantitative estimate of drug-likeness (QED) is 0.374. The maximum atomic E-state index is 15.3. The molecule has 2 aromatic rings. The third-order valence-corrected chi connectivity index (χ3v) is 9.64. The molecule has 0 atom stereocenters. The minimum Gasteiger partial charge on any atom is -0.207 e. The van der Waals surface area contributed by atoms with Gasteiger partial charge < -0.3 is 0 Å². The Morgan fingerprint density at radius 2 is 1.03 bits per heavy atom. The van der Waals surface area contributed by atoms with Gasteiger partial charge in [-0.2, -0.15) is 0 Å². The summed E-state index contributed by atoms with van der Waals surface area (Å²) in [6.07, 6.45) is 15.1. The van der Waals surface area contributed by atoms with Crippen molar-refractivity contribution in [1.29, 1.82) is 0 Å². The van der Waals surface area contributed by atoms with Gasteiger partial charge in [-0.15, -0.1) is 6.58 Å². The second kappa shape index (κ2) is 10.9. The summed E-state index contributed by atoms with van der Waals surface area (Å²) in [5.74, 6) is 1.94. The van der Waals surface area contributed by atoms with E-state index >= 15 is 8.78 Å². The molecule has 0 spiro atoms. The van der Waals surface area contributed by atoms with Gasteiger partial charge in [0.15, 0.2) is 0 Å². The Bertz CT molecular complexity index is 963. The van der Waals surface area contributed by atoms with Crippen LogP contribution in [0.15, 0.2) is 49.1 Å². The fraction of sp³-hybridized carbons (Fsp3) is 0.562. The Morgan fingerprint density at radius 1 is 0.571 bits per heavy atom. The van der Waals surface area contributed by atoms with E-state index in [0.717, 1.165) is 61.5 Å². The molecule has 35 heavy (non-hydrogen) atoms. The first-order valence-corrected chi connectivity index (χ1v) is 13.9. The molecule has 0 radical (unpaired) electrons. The highest BCUT2D eigenvalue weighted by Gasteiger charge is 2.32. The molecule has 5 rings (SSSR count). The monoisotopic (exact) mass is 480 g/mol. The molecule has 3 heteroatoms. The first-order chi connectivity index (χ1) is 17.0. The minimum atomic E-state index is -0.352. The number of allylic oxidation sites excluding steroid dienone is 1. The Labute approximate surface area is 209 Å². The van der Waals surface area contributed by atoms with Gasteiger partial charge in [0, 0.05) is 5.56 Å². The number of halogens is 3. The molecule has 0 N–H and O–H groups in total. The third-order valence-electron chi connectivity index (χ3n) is 9.64. The number of hydrogen-bond donors (Lipinski definition) is 0. The predicted molar refractivity (Wildman–Crippen MR) is 137 cm³/mol. The van der Waals surface area contributed by atoms with Crippen molar-refractivity contribution >= 4 is 0 Å². The normalized spacial score (nSPS) is 31.7. The summed E-state index contributed by atoms with van der Waals surface area (Å²) in [5.41, 5.74) is 2.28. The summed E-state index contributed by atoms with van der Waals surface area (Å²) in [6.45, 7) is 3.96. The van der Waals surface area contributed by atoms with Crippen LogP contribution in [0.2, 0.25) is 0 Å². The number of hydrogen-bond acceptors (Lipinski definition) is 0. The molecule has 3 fully saturated rings. The lowest BCUT2D eigenvalue weighted by Crippen LogP contribution is -2.25. The molecule has 0 aromatic heterocycles. The van der Waals surface area contributed by atoms with Gasteiger partial charge in [0.1, 0.15) is 17.5 Å². The average Bonchev–Trinajstić information content (AvgIpc) is 2.89. The van der Waals surface area contributed by atoms with E-state index < -0.39 is 0 Å². The average molecular weight is 481 g/mol. The van der Waals surface area contributed by atoms with Gasteiger partial charge in [-0.25, -0.2) is 13.2 Å². The van der Waals surface area contributed by atoms with Crippen molar-refractivity contribution in [1.82, 2.24) is 0 Å². The lowest BCUT2D eigenvalue weighted by Gasteiger charge is -2.37. The highest BCUT2D eigenvalue weighted by molar-refractivity contribution is 5.32. The number of benzene rings is 2. The van der Waals surface area contributed by atoms with E-state index in [9.17, 15) is 4.39 Å². The van der Waals surface area contributed by atoms with Gasteiger partial charge in [0.25, 0.3) is 0 Å². The molecule has 0 saturated heterocycles. The van der Waals surface area contributed by atoms with Crippen LogP contribution in [0.3, 0.4) is 0 Å². The van der Waals surface area contributed by atoms with E-state index in [2.05, 4.69) is 12.7 Å². The van der Waals surface area contributed by atoms with Crippen LogP contribution in [0.4, 0.5) is 13.2 Å². The van der Waals surface area contributed by atoms with Crippen LogP contribution >= 0.6 is 0 Å². The van der Waals surface area contributed by atoms with Crippen molar-refractivity contribution < 1.29 is 13.2 Å². The molecule has 188 valence electrons. The van der Waals surface area contributed by atoms with Gasteiger partial charge in [-0.1, -0.05) is 18.2 Å². The number of rotatable bonds is 5. The SMILES string of the molecule is C=CC1CCC(C2CCC(c3cc(F)c(C4CCC(c5ccc(F)cc5)CC4)c(F)c3)CC2)CC1. The molecule has 3 saturated carbocycles. The van der Waals surface area contributed by atoms with Gasteiger partial charge in [0.2, 0.25) is 0 Å². The molecule has 0 nitrogen and oxygen atoms in total. The first-order valence-electron chi connectivity index (χ1n) is 13.9. The van der Waals surface area contributed by atoms with Crippen molar-refractivity contribution in [3.63, 3.8) is 0 Å². The zero-order valence-corrected chi connectivity index (χ0v) is 20.8. The Balaban J connectivity index is 1.18. The highest BCUT2D eigenvalue weighted by Crippen LogP contribution is 2.46. The van der Waals surface area contributed by atoms with Crippen LogP contribution in [0.5, 0.6) is 0 Å². The van der Waals surface area contributed by atoms with Crippen molar-refractivity contribution in [2.24, 2.45) is 17.8 Å². The van der Waals surface area contributed by atoms with Gasteiger partial charge in [-0.3, -0.25) is 0 Å². The van der Waals surface area contributed by atoms with Crippen LogP contribution < -0.4 is 0 Å². The molecule has 0 bridgehead atoms. The van der Waals surface area contributed by atoms with E-state index in [1.807, 2.05) is 12.1 Å². The first kappa shape index (κ1) is 24.7. The topological polar surface area (TPSA) is 0 Å². The molecular weight excluding hydrogens is 441 g/mol. The van der Waals surface area contributed by atoms with E-state index in [0.29, 0.717) is 17.4 Å². The fourth-order valence-electron chi connectivity index (χ4n) is 7.46. The van der Waals surface area contributed by atoms with Gasteiger partial charge >= 0.3 is 0 Å². The van der Waals surface area contributed by atoms with Crippen molar-refractivity contribution in [3.8, 4) is 0 Å². The summed E-state index contributed by atoms with van der Waals surface area (Å²) in [7, 11) is 0. The molecular formula is C32H39F3. The van der Waals surface area contributed by atoms with E-state index in [4.69, 9.17) is 0 Å². The highest BCUT2D eigenvalue weighted by atomic mass is 19.1. The zero-order chi connectivity index (χ0) is 24.4. The summed E-state index contributed by atoms with van der Waals surface area (Å²) in [4.78, 5) is 0. The predicted octanol–water partition coefficient (Wildman–Crippen LogP) is 9.81. The van der Waals surface area contributed by atoms with E-state index in [1.165, 1.54) is 50.7 Å². The van der Waals surface area contributed by atoms with Crippen molar-refractivity contribution in [3.05, 3.63) is 83.2 Å². The molecule has 3 aliphatic rings. The lowest BCUT2D eigenvalue weighted by molar-refractivity contribution is 0.171. The van der Waals surface area contributed by atoms with Crippen LogP contribution in [0, 0.1) is 35.2 Å². The second-order valence-electron chi connectivity index (χ2n) is 11.5. The summed E-state index contributed by atoms with van der Waals surface area (Å²) in [5, 5.41) is 0. The van der Waals surface area contributed by atoms with Gasteiger partial charge in [-0.05, 0) is 148 Å². The summed E-state index contributed by atoms with van der Waals surface area (Å²) < 4.78 is 43.8. The zero-order valence-electron chi connectivity index (χ0n) is 20.8. The van der Waals surface area contributed by atoms with E-state index in [1.54, 1.807) is 12.1 Å². The largest absolute Gasteiger partial charge is 0.207 e. The standard InChI is InChI=1S/C32H39F3/c1-2-21-3-5-22(6-4-21)23-7-9-26(10-8-23)28-19-30(34)32(31(35)20-28)27-13-11-24(12-14-27)25-15-17-29(33)18-16-25/h2,15-24,26-27H,1,3-14H2. The summed E-state index contributed by atoms with van der Waals surface area (Å²) in [6, 6.07) is 9.98. The molecule has 2 aromatic carbocycles. The van der Waals surface area contributed by atoms with Crippen LogP contribution in [0.25, 0.3) is 0 Å². The third kappa shape index (κ3) is 5.54. The Morgan fingerprint density at radius 3 is 1.57 bits per heavy atom. The molecule has 0 unspecified atom stereocenters. The van der Waals surface area contributed by atoms with Crippen molar-refractivity contribution in [2.45, 2.75) is 94.8 Å². The van der Waals surface area contributed by atoms with Crippen LogP contribution in [-0.2, 0) is 0 Å². The lowest BCUT2D eigenvalue weighted by atomic mass is 9.68. The maximum Gasteiger partial charge on any atom is 0.129 e. The molecule has 0 aliphatic heterocycles. The molecule has 0 amide bonds. The van der Waals surface area contributed by atoms with Crippen LogP contribution in [-0.4, -0.2) is 0 Å². The molecule has 0 heterocycles. The smallest absolute Gasteiger partial charge is 0.129 e.